The van der Waals surface area contributed by atoms with E-state index in [-0.39, 0.29) is 47.3 Å². The van der Waals surface area contributed by atoms with Crippen molar-refractivity contribution in [1.82, 2.24) is 0 Å². The van der Waals surface area contributed by atoms with E-state index in [9.17, 15) is 20.1 Å². The lowest BCUT2D eigenvalue weighted by Gasteiger charge is -2.65. The summed E-state index contributed by atoms with van der Waals surface area (Å²) < 4.78 is 5.14. The third kappa shape index (κ3) is 2.88. The molecule has 1 aromatic heterocycles. The van der Waals surface area contributed by atoms with Crippen molar-refractivity contribution in [2.24, 2.45) is 28.6 Å². The van der Waals surface area contributed by atoms with Gasteiger partial charge in [0.25, 0.3) is 0 Å². The van der Waals surface area contributed by atoms with Gasteiger partial charge in [-0.3, -0.25) is 0 Å². The van der Waals surface area contributed by atoms with Crippen LogP contribution in [0.1, 0.15) is 76.7 Å². The van der Waals surface area contributed by atoms with Crippen LogP contribution in [0.2, 0.25) is 0 Å². The Morgan fingerprint density at radius 2 is 1.83 bits per heavy atom. The molecule has 0 aromatic carbocycles. The van der Waals surface area contributed by atoms with Crippen molar-refractivity contribution in [3.63, 3.8) is 0 Å². The lowest BCUT2D eigenvalue weighted by molar-refractivity contribution is -0.239. The minimum Gasteiger partial charge on any atom is -0.431 e. The molecule has 9 atom stereocenters. The molecule has 0 spiro atoms. The number of hydrogen-bond acceptors (Lipinski definition) is 5. The van der Waals surface area contributed by atoms with Gasteiger partial charge in [-0.15, -0.1) is 12.4 Å². The number of fused-ring (bicyclic) bond motifs is 5. The lowest BCUT2D eigenvalue weighted by atomic mass is 9.42. The smallest absolute Gasteiger partial charge is 0.335 e. The molecule has 4 aliphatic carbocycles. The lowest BCUT2D eigenvalue weighted by Crippen LogP contribution is -2.66. The van der Waals surface area contributed by atoms with Gasteiger partial charge in [0, 0.05) is 11.5 Å². The summed E-state index contributed by atoms with van der Waals surface area (Å²) in [6.07, 6.45) is 7.49. The molecule has 0 bridgehead atoms. The molecule has 30 heavy (non-hydrogen) atoms. The zero-order chi connectivity index (χ0) is 20.6. The van der Waals surface area contributed by atoms with E-state index >= 15 is 0 Å². The Labute approximate surface area is 184 Å². The van der Waals surface area contributed by atoms with Gasteiger partial charge in [0.15, 0.2) is 0 Å². The van der Waals surface area contributed by atoms with Crippen molar-refractivity contribution >= 4 is 12.4 Å². The number of aliphatic hydroxyl groups is 3. The highest BCUT2D eigenvalue weighted by Crippen LogP contribution is 2.70. The van der Waals surface area contributed by atoms with Crippen LogP contribution < -0.4 is 5.63 Å². The highest BCUT2D eigenvalue weighted by Gasteiger charge is 2.69. The van der Waals surface area contributed by atoms with Gasteiger partial charge < -0.3 is 19.7 Å². The predicted molar refractivity (Wildman–Crippen MR) is 116 cm³/mol. The minimum atomic E-state index is -0.818. The topological polar surface area (TPSA) is 90.9 Å². The average molecular weight is 439 g/mol. The third-order valence-corrected chi connectivity index (χ3v) is 9.89. The van der Waals surface area contributed by atoms with Crippen molar-refractivity contribution in [3.8, 4) is 0 Å². The van der Waals surface area contributed by atoms with Crippen LogP contribution in [-0.2, 0) is 0 Å². The summed E-state index contributed by atoms with van der Waals surface area (Å²) in [5.41, 5.74) is -0.681. The maximum absolute atomic E-state index is 12.2. The fourth-order valence-corrected chi connectivity index (χ4v) is 8.41. The first-order valence-electron chi connectivity index (χ1n) is 11.4. The second kappa shape index (κ2) is 7.33. The first kappa shape index (κ1) is 22.3. The zero-order valence-corrected chi connectivity index (χ0v) is 18.7. The molecule has 6 heteroatoms. The summed E-state index contributed by atoms with van der Waals surface area (Å²) in [6, 6.07) is 3.28. The van der Waals surface area contributed by atoms with E-state index in [1.807, 2.05) is 6.07 Å². The Bertz CT molecular complexity index is 836. The molecule has 5 nitrogen and oxygen atoms in total. The summed E-state index contributed by atoms with van der Waals surface area (Å²) >= 11 is 0. The monoisotopic (exact) mass is 438 g/mol. The van der Waals surface area contributed by atoms with Gasteiger partial charge in [0.1, 0.15) is 0 Å². The molecule has 1 heterocycles. The highest BCUT2D eigenvalue weighted by atomic mass is 35.5. The van der Waals surface area contributed by atoms with Crippen LogP contribution in [0, 0.1) is 28.6 Å². The Morgan fingerprint density at radius 3 is 2.53 bits per heavy atom. The van der Waals surface area contributed by atoms with E-state index in [2.05, 4.69) is 13.8 Å². The molecule has 0 amide bonds. The second-order valence-electron chi connectivity index (χ2n) is 10.9. The Hall–Kier alpha value is -0.880. The summed E-state index contributed by atoms with van der Waals surface area (Å²) in [7, 11) is 0. The van der Waals surface area contributed by atoms with Crippen molar-refractivity contribution < 1.29 is 19.7 Å². The molecule has 3 N–H and O–H groups in total. The van der Waals surface area contributed by atoms with Crippen LogP contribution in [0.4, 0.5) is 0 Å². The number of hydrogen-bond donors (Lipinski definition) is 3. The van der Waals surface area contributed by atoms with Crippen LogP contribution >= 0.6 is 12.4 Å². The quantitative estimate of drug-likeness (QED) is 0.622. The van der Waals surface area contributed by atoms with E-state index in [4.69, 9.17) is 4.42 Å². The molecule has 168 valence electrons. The van der Waals surface area contributed by atoms with Gasteiger partial charge in [-0.25, -0.2) is 4.79 Å². The number of halogens is 1. The third-order valence-electron chi connectivity index (χ3n) is 9.89. The molecule has 0 saturated heterocycles. The van der Waals surface area contributed by atoms with Gasteiger partial charge >= 0.3 is 5.63 Å². The molecular formula is C24H35ClO5. The maximum Gasteiger partial charge on any atom is 0.335 e. The summed E-state index contributed by atoms with van der Waals surface area (Å²) in [5.74, 6) is 0.662. The summed E-state index contributed by atoms with van der Waals surface area (Å²) in [6.45, 7) is 4.43. The second-order valence-corrected chi connectivity index (χ2v) is 10.9. The largest absolute Gasteiger partial charge is 0.431 e. The molecule has 1 aromatic rings. The average Bonchev–Trinajstić information content (AvgIpc) is 2.94. The maximum atomic E-state index is 12.2. The van der Waals surface area contributed by atoms with Crippen molar-refractivity contribution in [3.05, 3.63) is 34.4 Å². The molecule has 4 saturated carbocycles. The summed E-state index contributed by atoms with van der Waals surface area (Å²) in [5, 5.41) is 33.8. The normalized spacial score (nSPS) is 50.0. The SMILES string of the molecule is C[C@]12CC[C@H](O)C[C@H]1CCC1C2[C@H](O)C[C@]2(C)[C@@H](c3ccc(=O)oc3)CC[C@]12O.Cl. The van der Waals surface area contributed by atoms with Crippen LogP contribution in [-0.4, -0.2) is 33.1 Å². The highest BCUT2D eigenvalue weighted by molar-refractivity contribution is 5.85. The van der Waals surface area contributed by atoms with Gasteiger partial charge in [0.2, 0.25) is 0 Å². The fourth-order valence-electron chi connectivity index (χ4n) is 8.41. The van der Waals surface area contributed by atoms with Crippen LogP contribution in [0.3, 0.4) is 0 Å². The Kier molecular flexibility index (Phi) is 5.45. The summed E-state index contributed by atoms with van der Waals surface area (Å²) in [4.78, 5) is 11.4. The standard InChI is InChI=1S/C24H34O5.ClH/c1-22-9-7-16(25)11-15(22)4-5-18-21(22)19(26)12-23(2)17(8-10-24(18,23)28)14-3-6-20(27)29-13-14;/h3,6,13,15-19,21,25-26,28H,4-5,7-12H2,1-2H3;1H/t15-,16+,17-,18?,19-,21?,22+,23-,24+;/m1./s1. The van der Waals surface area contributed by atoms with Crippen LogP contribution in [0.15, 0.2) is 27.6 Å². The van der Waals surface area contributed by atoms with Crippen molar-refractivity contribution in [2.45, 2.75) is 88.9 Å². The van der Waals surface area contributed by atoms with Gasteiger partial charge in [-0.1, -0.05) is 13.8 Å². The Morgan fingerprint density at radius 1 is 1.07 bits per heavy atom. The van der Waals surface area contributed by atoms with E-state index in [1.165, 1.54) is 6.07 Å². The number of rotatable bonds is 1. The first-order valence-corrected chi connectivity index (χ1v) is 11.4. The molecule has 0 aliphatic heterocycles. The van der Waals surface area contributed by atoms with Gasteiger partial charge in [-0.2, -0.15) is 0 Å². The van der Waals surface area contributed by atoms with E-state index in [0.29, 0.717) is 12.3 Å². The van der Waals surface area contributed by atoms with Crippen molar-refractivity contribution in [2.75, 3.05) is 0 Å². The molecule has 0 radical (unpaired) electrons. The minimum absolute atomic E-state index is 0. The van der Waals surface area contributed by atoms with E-state index < -0.39 is 17.1 Å². The molecule has 4 fully saturated rings. The fraction of sp³-hybridized carbons (Fsp3) is 0.792. The van der Waals surface area contributed by atoms with E-state index in [0.717, 1.165) is 50.5 Å². The first-order chi connectivity index (χ1) is 13.7. The van der Waals surface area contributed by atoms with Gasteiger partial charge in [0.05, 0.1) is 24.1 Å². The van der Waals surface area contributed by atoms with E-state index in [1.54, 1.807) is 6.26 Å². The molecule has 4 aliphatic rings. The predicted octanol–water partition coefficient (Wildman–Crippen LogP) is 3.63. The van der Waals surface area contributed by atoms with Crippen molar-refractivity contribution in [1.29, 1.82) is 0 Å². The van der Waals surface area contributed by atoms with Crippen LogP contribution in [0.25, 0.3) is 0 Å². The Balaban J connectivity index is 0.00000218. The number of aliphatic hydroxyl groups excluding tert-OH is 2. The zero-order valence-electron chi connectivity index (χ0n) is 17.9. The molecular weight excluding hydrogens is 404 g/mol. The van der Waals surface area contributed by atoms with Crippen LogP contribution in [0.5, 0.6) is 0 Å². The molecule has 2 unspecified atom stereocenters. The van der Waals surface area contributed by atoms with Gasteiger partial charge in [-0.05, 0) is 92.1 Å². The molecule has 5 rings (SSSR count).